The van der Waals surface area contributed by atoms with E-state index in [-0.39, 0.29) is 12.5 Å². The minimum Gasteiger partial charge on any atom is -0.395 e. The van der Waals surface area contributed by atoms with E-state index in [1.165, 1.54) is 0 Å². The number of hydrogen-bond donors (Lipinski definition) is 1. The Morgan fingerprint density at radius 2 is 2.00 bits per heavy atom. The van der Waals surface area contributed by atoms with Gasteiger partial charge in [0.2, 0.25) is 0 Å². The monoisotopic (exact) mass is 221 g/mol. The number of aliphatic hydroxyl groups excluding tert-OH is 1. The molecule has 0 fully saturated rings. The van der Waals surface area contributed by atoms with Crippen molar-refractivity contribution in [3.05, 3.63) is 35.4 Å². The van der Waals surface area contributed by atoms with Gasteiger partial charge < -0.3 is 10.0 Å². The molecule has 1 aromatic carbocycles. The quantitative estimate of drug-likeness (QED) is 0.753. The number of carbonyl (C=O) groups is 2. The van der Waals surface area contributed by atoms with Gasteiger partial charge in [0.1, 0.15) is 6.29 Å². The number of amides is 1. The zero-order chi connectivity index (χ0) is 12.0. The smallest absolute Gasteiger partial charge is 0.253 e. The summed E-state index contributed by atoms with van der Waals surface area (Å²) in [6, 6.07) is 6.44. The minimum atomic E-state index is -0.131. The van der Waals surface area contributed by atoms with E-state index in [4.69, 9.17) is 5.11 Å². The van der Waals surface area contributed by atoms with Crippen LogP contribution >= 0.6 is 0 Å². The van der Waals surface area contributed by atoms with Gasteiger partial charge in [0, 0.05) is 24.2 Å². The number of aliphatic hydroxyl groups is 1. The van der Waals surface area contributed by atoms with Crippen molar-refractivity contribution in [2.24, 2.45) is 0 Å². The summed E-state index contributed by atoms with van der Waals surface area (Å²) >= 11 is 0. The maximum Gasteiger partial charge on any atom is 0.253 e. The highest BCUT2D eigenvalue weighted by atomic mass is 16.3. The van der Waals surface area contributed by atoms with Crippen molar-refractivity contribution in [2.75, 3.05) is 19.7 Å². The number of rotatable bonds is 5. The predicted octanol–water partition coefficient (Wildman–Crippen LogP) is 0.954. The Bertz CT molecular complexity index is 359. The molecule has 4 heteroatoms. The maximum atomic E-state index is 11.9. The Labute approximate surface area is 94.5 Å². The van der Waals surface area contributed by atoms with Gasteiger partial charge in [-0.3, -0.25) is 9.59 Å². The molecule has 1 N–H and O–H groups in total. The van der Waals surface area contributed by atoms with Gasteiger partial charge in [-0.1, -0.05) is 12.1 Å². The molecule has 0 aromatic heterocycles. The highest BCUT2D eigenvalue weighted by Gasteiger charge is 2.12. The summed E-state index contributed by atoms with van der Waals surface area (Å²) < 4.78 is 0. The fourth-order valence-electron chi connectivity index (χ4n) is 1.41. The average Bonchev–Trinajstić information content (AvgIpc) is 2.35. The fourth-order valence-corrected chi connectivity index (χ4v) is 1.41. The molecule has 0 spiro atoms. The summed E-state index contributed by atoms with van der Waals surface area (Å²) in [6.07, 6.45) is 0.736. The highest BCUT2D eigenvalue weighted by molar-refractivity contribution is 5.94. The fraction of sp³-hybridized carbons (Fsp3) is 0.333. The van der Waals surface area contributed by atoms with E-state index in [1.54, 1.807) is 29.2 Å². The number of aldehydes is 1. The Balaban J connectivity index is 2.81. The van der Waals surface area contributed by atoms with Crippen LogP contribution < -0.4 is 0 Å². The molecule has 0 atom stereocenters. The van der Waals surface area contributed by atoms with Crippen molar-refractivity contribution in [3.63, 3.8) is 0 Å². The van der Waals surface area contributed by atoms with E-state index in [1.807, 2.05) is 6.92 Å². The van der Waals surface area contributed by atoms with Crippen LogP contribution in [0.15, 0.2) is 24.3 Å². The molecule has 0 aliphatic carbocycles. The first-order chi connectivity index (χ1) is 7.72. The summed E-state index contributed by atoms with van der Waals surface area (Å²) in [5.41, 5.74) is 1.07. The third-order valence-corrected chi connectivity index (χ3v) is 2.33. The van der Waals surface area contributed by atoms with Crippen LogP contribution in [-0.4, -0.2) is 41.9 Å². The molecule has 0 saturated heterocycles. The van der Waals surface area contributed by atoms with Gasteiger partial charge in [-0.25, -0.2) is 0 Å². The topological polar surface area (TPSA) is 57.6 Å². The average molecular weight is 221 g/mol. The molecule has 0 aliphatic heterocycles. The Hall–Kier alpha value is -1.68. The molecule has 1 rings (SSSR count). The van der Waals surface area contributed by atoms with Crippen molar-refractivity contribution in [2.45, 2.75) is 6.92 Å². The SMILES string of the molecule is CCN(CCO)C(=O)c1ccc(C=O)cc1. The number of nitrogens with zero attached hydrogens (tertiary/aromatic N) is 1. The molecule has 0 saturated carbocycles. The molecule has 1 amide bonds. The Morgan fingerprint density at radius 3 is 2.44 bits per heavy atom. The Kier molecular flexibility index (Phi) is 4.66. The van der Waals surface area contributed by atoms with Crippen LogP contribution in [0, 0.1) is 0 Å². The first kappa shape index (κ1) is 12.4. The number of likely N-dealkylation sites (N-methyl/N-ethyl adjacent to an activating group) is 1. The van der Waals surface area contributed by atoms with E-state index in [0.717, 1.165) is 6.29 Å². The molecular formula is C12H15NO3. The van der Waals surface area contributed by atoms with E-state index in [0.29, 0.717) is 24.2 Å². The van der Waals surface area contributed by atoms with Crippen molar-refractivity contribution in [3.8, 4) is 0 Å². The third-order valence-electron chi connectivity index (χ3n) is 2.33. The second-order valence-electron chi connectivity index (χ2n) is 3.35. The molecule has 4 nitrogen and oxygen atoms in total. The van der Waals surface area contributed by atoms with Gasteiger partial charge in [0.25, 0.3) is 5.91 Å². The lowest BCUT2D eigenvalue weighted by Crippen LogP contribution is -2.33. The summed E-state index contributed by atoms with van der Waals surface area (Å²) in [7, 11) is 0. The van der Waals surface area contributed by atoms with E-state index < -0.39 is 0 Å². The van der Waals surface area contributed by atoms with Crippen LogP contribution in [0.3, 0.4) is 0 Å². The first-order valence-electron chi connectivity index (χ1n) is 5.18. The van der Waals surface area contributed by atoms with Crippen LogP contribution in [0.1, 0.15) is 27.6 Å². The number of carbonyl (C=O) groups excluding carboxylic acids is 2. The minimum absolute atomic E-state index is 0.0496. The first-order valence-corrected chi connectivity index (χ1v) is 5.18. The number of hydrogen-bond acceptors (Lipinski definition) is 3. The van der Waals surface area contributed by atoms with Crippen LogP contribution in [0.25, 0.3) is 0 Å². The molecule has 0 bridgehead atoms. The molecule has 0 aliphatic rings. The van der Waals surface area contributed by atoms with Gasteiger partial charge in [0.15, 0.2) is 0 Å². The zero-order valence-corrected chi connectivity index (χ0v) is 9.22. The maximum absolute atomic E-state index is 11.9. The van der Waals surface area contributed by atoms with Crippen molar-refractivity contribution in [1.82, 2.24) is 4.90 Å². The summed E-state index contributed by atoms with van der Waals surface area (Å²) in [5, 5.41) is 8.81. The van der Waals surface area contributed by atoms with Crippen molar-refractivity contribution >= 4 is 12.2 Å². The lowest BCUT2D eigenvalue weighted by atomic mass is 10.1. The molecule has 1 aromatic rings. The highest BCUT2D eigenvalue weighted by Crippen LogP contribution is 2.06. The second-order valence-corrected chi connectivity index (χ2v) is 3.35. The predicted molar refractivity (Wildman–Crippen MR) is 60.5 cm³/mol. The molecular weight excluding hydrogens is 206 g/mol. The van der Waals surface area contributed by atoms with E-state index in [9.17, 15) is 9.59 Å². The standard InChI is InChI=1S/C12H15NO3/c1-2-13(7-8-14)12(16)11-5-3-10(9-15)4-6-11/h3-6,9,14H,2,7-8H2,1H3. The van der Waals surface area contributed by atoms with Crippen LogP contribution in [0.5, 0.6) is 0 Å². The summed E-state index contributed by atoms with van der Waals surface area (Å²) in [5.74, 6) is -0.131. The van der Waals surface area contributed by atoms with Gasteiger partial charge in [0.05, 0.1) is 6.61 Å². The van der Waals surface area contributed by atoms with Gasteiger partial charge >= 0.3 is 0 Å². The van der Waals surface area contributed by atoms with E-state index >= 15 is 0 Å². The molecule has 86 valence electrons. The molecule has 0 radical (unpaired) electrons. The number of benzene rings is 1. The lowest BCUT2D eigenvalue weighted by Gasteiger charge is -2.19. The normalized spacial score (nSPS) is 9.88. The van der Waals surface area contributed by atoms with Crippen LogP contribution in [-0.2, 0) is 0 Å². The van der Waals surface area contributed by atoms with Gasteiger partial charge in [-0.15, -0.1) is 0 Å². The van der Waals surface area contributed by atoms with Crippen molar-refractivity contribution < 1.29 is 14.7 Å². The Morgan fingerprint density at radius 1 is 1.38 bits per heavy atom. The molecule has 0 heterocycles. The van der Waals surface area contributed by atoms with E-state index in [2.05, 4.69) is 0 Å². The summed E-state index contributed by atoms with van der Waals surface area (Å²) in [4.78, 5) is 23.9. The lowest BCUT2D eigenvalue weighted by molar-refractivity contribution is 0.0731. The van der Waals surface area contributed by atoms with Gasteiger partial charge in [-0.2, -0.15) is 0 Å². The van der Waals surface area contributed by atoms with Gasteiger partial charge in [-0.05, 0) is 19.1 Å². The van der Waals surface area contributed by atoms with Crippen molar-refractivity contribution in [1.29, 1.82) is 0 Å². The largest absolute Gasteiger partial charge is 0.395 e. The van der Waals surface area contributed by atoms with Crippen LogP contribution in [0.2, 0.25) is 0 Å². The third kappa shape index (κ3) is 2.90. The molecule has 16 heavy (non-hydrogen) atoms. The van der Waals surface area contributed by atoms with Crippen LogP contribution in [0.4, 0.5) is 0 Å². The zero-order valence-electron chi connectivity index (χ0n) is 9.22. The second kappa shape index (κ2) is 6.02. The summed E-state index contributed by atoms with van der Waals surface area (Å²) in [6.45, 7) is 2.68. The molecule has 0 unspecified atom stereocenters.